The molecule has 2 N–H and O–H groups in total. The number of nitrogens with zero attached hydrogens (tertiary/aromatic N) is 2. The summed E-state index contributed by atoms with van der Waals surface area (Å²) in [6.45, 7) is 12.5. The molecule has 0 aliphatic carbocycles. The molecule has 2 fully saturated rings. The SMILES string of the molecule is CC1(C)CN(C(=O)C(C)(C)N2CCNCC2)CC(CO)O1. The average Bonchev–Trinajstić information content (AvgIpc) is 2.45. The summed E-state index contributed by atoms with van der Waals surface area (Å²) in [4.78, 5) is 17.1. The Hall–Kier alpha value is -0.690. The first-order valence-corrected chi connectivity index (χ1v) is 7.80. The summed E-state index contributed by atoms with van der Waals surface area (Å²) in [6.07, 6.45) is -0.295. The molecule has 6 heteroatoms. The van der Waals surface area contributed by atoms with Crippen molar-refractivity contribution in [3.05, 3.63) is 0 Å². The van der Waals surface area contributed by atoms with Crippen molar-refractivity contribution in [2.75, 3.05) is 45.9 Å². The van der Waals surface area contributed by atoms with E-state index in [-0.39, 0.29) is 18.6 Å². The lowest BCUT2D eigenvalue weighted by Gasteiger charge is -2.47. The van der Waals surface area contributed by atoms with E-state index in [4.69, 9.17) is 4.74 Å². The molecule has 0 aromatic heterocycles. The molecule has 21 heavy (non-hydrogen) atoms. The molecule has 122 valence electrons. The largest absolute Gasteiger partial charge is 0.394 e. The number of aliphatic hydroxyl groups excluding tert-OH is 1. The van der Waals surface area contributed by atoms with Gasteiger partial charge >= 0.3 is 0 Å². The highest BCUT2D eigenvalue weighted by atomic mass is 16.5. The van der Waals surface area contributed by atoms with Gasteiger partial charge in [-0.2, -0.15) is 0 Å². The van der Waals surface area contributed by atoms with Crippen molar-refractivity contribution in [2.45, 2.75) is 44.9 Å². The van der Waals surface area contributed by atoms with E-state index in [0.29, 0.717) is 13.1 Å². The summed E-state index contributed by atoms with van der Waals surface area (Å²) in [6, 6.07) is 0. The van der Waals surface area contributed by atoms with Crippen LogP contribution in [0.15, 0.2) is 0 Å². The summed E-state index contributed by atoms with van der Waals surface area (Å²) in [5.74, 6) is 0.124. The molecule has 0 aromatic rings. The molecule has 6 nitrogen and oxygen atoms in total. The smallest absolute Gasteiger partial charge is 0.242 e. The number of amides is 1. The zero-order valence-corrected chi connectivity index (χ0v) is 13.7. The fourth-order valence-corrected chi connectivity index (χ4v) is 3.29. The van der Waals surface area contributed by atoms with Crippen LogP contribution in [0.2, 0.25) is 0 Å². The molecule has 0 aromatic carbocycles. The molecule has 1 unspecified atom stereocenters. The number of aliphatic hydroxyl groups is 1. The summed E-state index contributed by atoms with van der Waals surface area (Å²) in [5, 5.41) is 12.7. The zero-order valence-electron chi connectivity index (χ0n) is 13.7. The second-order valence-corrected chi connectivity index (χ2v) is 7.16. The Kier molecular flexibility index (Phi) is 4.92. The third-order valence-corrected chi connectivity index (χ3v) is 4.40. The highest BCUT2D eigenvalue weighted by molar-refractivity contribution is 5.85. The van der Waals surface area contributed by atoms with Gasteiger partial charge in [0.05, 0.1) is 23.9 Å². The van der Waals surface area contributed by atoms with Gasteiger partial charge in [-0.3, -0.25) is 9.69 Å². The molecule has 0 bridgehead atoms. The van der Waals surface area contributed by atoms with Crippen LogP contribution in [-0.2, 0) is 9.53 Å². The molecule has 2 rings (SSSR count). The highest BCUT2D eigenvalue weighted by Gasteiger charge is 2.43. The van der Waals surface area contributed by atoms with Crippen LogP contribution in [0.3, 0.4) is 0 Å². The Morgan fingerprint density at radius 2 is 2.00 bits per heavy atom. The lowest BCUT2D eigenvalue weighted by molar-refractivity contribution is -0.174. The Labute approximate surface area is 127 Å². The minimum absolute atomic E-state index is 0.0543. The number of piperazine rings is 1. The number of hydrogen-bond acceptors (Lipinski definition) is 5. The first-order chi connectivity index (χ1) is 9.76. The molecule has 1 amide bonds. The van der Waals surface area contributed by atoms with Gasteiger partial charge in [-0.05, 0) is 27.7 Å². The van der Waals surface area contributed by atoms with E-state index < -0.39 is 11.1 Å². The number of carbonyl (C=O) groups excluding carboxylic acids is 1. The van der Waals surface area contributed by atoms with Gasteiger partial charge in [0.1, 0.15) is 0 Å². The number of rotatable bonds is 3. The topological polar surface area (TPSA) is 65.0 Å². The van der Waals surface area contributed by atoms with Crippen molar-refractivity contribution in [2.24, 2.45) is 0 Å². The summed E-state index contributed by atoms with van der Waals surface area (Å²) < 4.78 is 5.79. The van der Waals surface area contributed by atoms with E-state index >= 15 is 0 Å². The average molecular weight is 299 g/mol. The molecular weight excluding hydrogens is 270 g/mol. The fourth-order valence-electron chi connectivity index (χ4n) is 3.29. The van der Waals surface area contributed by atoms with Crippen LogP contribution in [0.1, 0.15) is 27.7 Å². The molecule has 0 radical (unpaired) electrons. The van der Waals surface area contributed by atoms with Crippen molar-refractivity contribution in [1.29, 1.82) is 0 Å². The molecule has 2 heterocycles. The summed E-state index contributed by atoms with van der Waals surface area (Å²) in [7, 11) is 0. The number of ether oxygens (including phenoxy) is 1. The Bertz CT molecular complexity index is 378. The van der Waals surface area contributed by atoms with E-state index in [1.54, 1.807) is 0 Å². The molecule has 1 atom stereocenters. The van der Waals surface area contributed by atoms with E-state index in [0.717, 1.165) is 26.2 Å². The van der Waals surface area contributed by atoms with Crippen molar-refractivity contribution in [3.63, 3.8) is 0 Å². The Balaban J connectivity index is 2.09. The van der Waals surface area contributed by atoms with Gasteiger partial charge in [0.2, 0.25) is 5.91 Å². The molecular formula is C15H29N3O3. The van der Waals surface area contributed by atoms with Gasteiger partial charge < -0.3 is 20.1 Å². The van der Waals surface area contributed by atoms with Crippen molar-refractivity contribution < 1.29 is 14.6 Å². The van der Waals surface area contributed by atoms with Crippen LogP contribution in [0.5, 0.6) is 0 Å². The number of nitrogens with one attached hydrogen (secondary N) is 1. The molecule has 2 saturated heterocycles. The number of carbonyl (C=O) groups is 1. The van der Waals surface area contributed by atoms with Gasteiger partial charge in [-0.25, -0.2) is 0 Å². The first kappa shape index (κ1) is 16.7. The van der Waals surface area contributed by atoms with Crippen LogP contribution < -0.4 is 5.32 Å². The van der Waals surface area contributed by atoms with E-state index in [9.17, 15) is 9.90 Å². The monoisotopic (exact) mass is 299 g/mol. The van der Waals surface area contributed by atoms with Gasteiger partial charge in [0.15, 0.2) is 0 Å². The predicted molar refractivity (Wildman–Crippen MR) is 81.1 cm³/mol. The Morgan fingerprint density at radius 3 is 2.57 bits per heavy atom. The van der Waals surface area contributed by atoms with E-state index in [1.165, 1.54) is 0 Å². The first-order valence-electron chi connectivity index (χ1n) is 7.80. The maximum absolute atomic E-state index is 13.0. The van der Waals surface area contributed by atoms with Crippen molar-refractivity contribution in [3.8, 4) is 0 Å². The van der Waals surface area contributed by atoms with Gasteiger partial charge in [-0.15, -0.1) is 0 Å². The summed E-state index contributed by atoms with van der Waals surface area (Å²) in [5.41, 5.74) is -0.934. The van der Waals surface area contributed by atoms with Gasteiger partial charge in [-0.1, -0.05) is 0 Å². The third kappa shape index (κ3) is 3.74. The fraction of sp³-hybridized carbons (Fsp3) is 0.933. The predicted octanol–water partition coefficient (Wildman–Crippen LogP) is -0.331. The lowest BCUT2D eigenvalue weighted by atomic mass is 9.96. The molecule has 0 spiro atoms. The maximum atomic E-state index is 13.0. The second-order valence-electron chi connectivity index (χ2n) is 7.16. The van der Waals surface area contributed by atoms with Crippen LogP contribution in [0, 0.1) is 0 Å². The molecule has 2 aliphatic heterocycles. The van der Waals surface area contributed by atoms with Crippen LogP contribution >= 0.6 is 0 Å². The minimum Gasteiger partial charge on any atom is -0.394 e. The Morgan fingerprint density at radius 1 is 1.38 bits per heavy atom. The molecule has 0 saturated carbocycles. The lowest BCUT2D eigenvalue weighted by Crippen LogP contribution is -2.64. The van der Waals surface area contributed by atoms with E-state index in [1.807, 2.05) is 32.6 Å². The standard InChI is InChI=1S/C15H29N3O3/c1-14(2)11-17(9-12(10-19)21-14)13(20)15(3,4)18-7-5-16-6-8-18/h12,16,19H,5-11H2,1-4H3. The van der Waals surface area contributed by atoms with Crippen molar-refractivity contribution in [1.82, 2.24) is 15.1 Å². The maximum Gasteiger partial charge on any atom is 0.242 e. The number of morpholine rings is 1. The van der Waals surface area contributed by atoms with E-state index in [2.05, 4.69) is 10.2 Å². The second kappa shape index (κ2) is 6.20. The van der Waals surface area contributed by atoms with Gasteiger partial charge in [0.25, 0.3) is 0 Å². The quantitative estimate of drug-likeness (QED) is 0.747. The molecule has 2 aliphatic rings. The van der Waals surface area contributed by atoms with Crippen molar-refractivity contribution >= 4 is 5.91 Å². The normalized spacial score (nSPS) is 27.7. The van der Waals surface area contributed by atoms with Crippen LogP contribution in [-0.4, -0.2) is 83.9 Å². The van der Waals surface area contributed by atoms with Gasteiger partial charge in [0, 0.05) is 39.3 Å². The number of hydrogen-bond donors (Lipinski definition) is 2. The van der Waals surface area contributed by atoms with Crippen LogP contribution in [0.25, 0.3) is 0 Å². The van der Waals surface area contributed by atoms with Crippen LogP contribution in [0.4, 0.5) is 0 Å². The minimum atomic E-state index is -0.518. The zero-order chi connectivity index (χ0) is 15.7. The third-order valence-electron chi connectivity index (χ3n) is 4.40. The summed E-state index contributed by atoms with van der Waals surface area (Å²) >= 11 is 0. The highest BCUT2D eigenvalue weighted by Crippen LogP contribution is 2.25.